The van der Waals surface area contributed by atoms with E-state index in [2.05, 4.69) is 5.32 Å². The molecule has 4 heterocycles. The number of fused-ring (bicyclic) bond motifs is 2. The summed E-state index contributed by atoms with van der Waals surface area (Å²) in [4.78, 5) is 9.47. The smallest absolute Gasteiger partial charge is 0.165 e. The fourth-order valence-electron chi connectivity index (χ4n) is 4.59. The average molecular weight is 446 g/mol. The van der Waals surface area contributed by atoms with Gasteiger partial charge in [-0.3, -0.25) is 4.57 Å². The van der Waals surface area contributed by atoms with E-state index in [1.807, 2.05) is 54.9 Å². The van der Waals surface area contributed by atoms with E-state index in [0.29, 0.717) is 18.2 Å². The van der Waals surface area contributed by atoms with Crippen molar-refractivity contribution in [3.05, 3.63) is 72.9 Å². The Labute approximate surface area is 190 Å². The topological polar surface area (TPSA) is 70.4 Å². The van der Waals surface area contributed by atoms with Crippen molar-refractivity contribution in [2.45, 2.75) is 38.1 Å². The van der Waals surface area contributed by atoms with Gasteiger partial charge in [-0.2, -0.15) is 0 Å². The van der Waals surface area contributed by atoms with Gasteiger partial charge in [-0.25, -0.2) is 14.4 Å². The molecule has 0 bridgehead atoms. The predicted molar refractivity (Wildman–Crippen MR) is 121 cm³/mol. The molecule has 8 heteroatoms. The SMILES string of the molecule is CC1(C)O[C@H]2[C@H](n3cnc(Nc4ccc(F)cc4)c4c(-c5ccccc5)cnc3-4)OC[C@H]2O1. The molecule has 0 aliphatic carbocycles. The number of hydrogen-bond donors (Lipinski definition) is 1. The van der Waals surface area contributed by atoms with E-state index in [1.165, 1.54) is 12.1 Å². The molecular formula is C25H23FN4O3. The molecule has 6 rings (SSSR count). The lowest BCUT2D eigenvalue weighted by atomic mass is 10.0. The molecular weight excluding hydrogens is 423 g/mol. The van der Waals surface area contributed by atoms with E-state index in [1.54, 1.807) is 18.5 Å². The van der Waals surface area contributed by atoms with Gasteiger partial charge in [-0.1, -0.05) is 30.3 Å². The van der Waals surface area contributed by atoms with E-state index in [9.17, 15) is 4.39 Å². The highest BCUT2D eigenvalue weighted by Gasteiger charge is 2.51. The zero-order valence-electron chi connectivity index (χ0n) is 18.2. The lowest BCUT2D eigenvalue weighted by Crippen LogP contribution is -2.29. The van der Waals surface area contributed by atoms with Gasteiger partial charge in [0.15, 0.2) is 12.0 Å². The second kappa shape index (κ2) is 7.62. The minimum Gasteiger partial charge on any atom is -0.352 e. The zero-order chi connectivity index (χ0) is 22.6. The van der Waals surface area contributed by atoms with E-state index in [0.717, 1.165) is 22.4 Å². The first-order valence-electron chi connectivity index (χ1n) is 10.9. The maximum atomic E-state index is 13.4. The summed E-state index contributed by atoms with van der Waals surface area (Å²) in [5.74, 6) is 0.387. The van der Waals surface area contributed by atoms with E-state index >= 15 is 0 Å². The molecule has 4 aliphatic rings. The van der Waals surface area contributed by atoms with Gasteiger partial charge in [0.05, 0.1) is 12.2 Å². The lowest BCUT2D eigenvalue weighted by Gasteiger charge is -2.25. The second-order valence-electron chi connectivity index (χ2n) is 8.73. The highest BCUT2D eigenvalue weighted by Crippen LogP contribution is 2.44. The Bertz CT molecular complexity index is 1260. The fourth-order valence-corrected chi connectivity index (χ4v) is 4.59. The molecule has 3 atom stereocenters. The number of aromatic nitrogens is 3. The highest BCUT2D eigenvalue weighted by atomic mass is 19.1. The summed E-state index contributed by atoms with van der Waals surface area (Å²) in [5, 5.41) is 3.32. The lowest BCUT2D eigenvalue weighted by molar-refractivity contribution is -0.183. The van der Waals surface area contributed by atoms with Crippen LogP contribution in [0.25, 0.3) is 22.5 Å². The van der Waals surface area contributed by atoms with Crippen LogP contribution in [0.1, 0.15) is 20.1 Å². The van der Waals surface area contributed by atoms with Crippen molar-refractivity contribution in [2.75, 3.05) is 11.9 Å². The number of ether oxygens (including phenoxy) is 3. The molecule has 0 spiro atoms. The standard InChI is InChI=1S/C25H23FN4O3/c1-25(2)32-19-13-31-24(21(19)33-25)30-14-28-22(29-17-10-8-16(26)9-11-17)20-18(12-27-23(20)30)15-6-4-3-5-7-15/h3-12,14,19,21,24,29H,13H2,1-2H3/t19-,21-,24-/m1/s1. The van der Waals surface area contributed by atoms with Gasteiger partial charge in [-0.15, -0.1) is 0 Å². The van der Waals surface area contributed by atoms with Crippen molar-refractivity contribution >= 4 is 11.5 Å². The van der Waals surface area contributed by atoms with Gasteiger partial charge < -0.3 is 19.5 Å². The quantitative estimate of drug-likeness (QED) is 0.477. The monoisotopic (exact) mass is 446 g/mol. The second-order valence-corrected chi connectivity index (χ2v) is 8.73. The van der Waals surface area contributed by atoms with Crippen molar-refractivity contribution in [3.63, 3.8) is 0 Å². The molecule has 4 aliphatic heterocycles. The Morgan fingerprint density at radius 3 is 2.61 bits per heavy atom. The van der Waals surface area contributed by atoms with Crippen LogP contribution >= 0.6 is 0 Å². The third-order valence-corrected chi connectivity index (χ3v) is 6.00. The normalized spacial score (nSPS) is 23.7. The van der Waals surface area contributed by atoms with Crippen LogP contribution in [0.3, 0.4) is 0 Å². The Morgan fingerprint density at radius 1 is 1.03 bits per heavy atom. The number of nitrogens with zero attached hydrogens (tertiary/aromatic N) is 3. The van der Waals surface area contributed by atoms with Crippen LogP contribution in [0.15, 0.2) is 67.1 Å². The third kappa shape index (κ3) is 3.56. The van der Waals surface area contributed by atoms with Crippen LogP contribution in [0.5, 0.6) is 0 Å². The first kappa shape index (κ1) is 20.3. The molecule has 0 unspecified atom stereocenters. The molecule has 0 amide bonds. The molecule has 7 nitrogen and oxygen atoms in total. The maximum Gasteiger partial charge on any atom is 0.165 e. The van der Waals surface area contributed by atoms with Crippen LogP contribution in [0.4, 0.5) is 15.9 Å². The summed E-state index contributed by atoms with van der Waals surface area (Å²) in [6, 6.07) is 16.2. The number of halogens is 1. The number of rotatable bonds is 4. The Morgan fingerprint density at radius 2 is 1.82 bits per heavy atom. The van der Waals surface area contributed by atoms with E-state index in [-0.39, 0.29) is 18.0 Å². The summed E-state index contributed by atoms with van der Waals surface area (Å²) >= 11 is 0. The first-order valence-corrected chi connectivity index (χ1v) is 10.9. The summed E-state index contributed by atoms with van der Waals surface area (Å²) < 4.78 is 33.5. The maximum absolute atomic E-state index is 13.4. The largest absolute Gasteiger partial charge is 0.352 e. The van der Waals surface area contributed by atoms with Crippen LogP contribution in [-0.4, -0.2) is 39.1 Å². The van der Waals surface area contributed by atoms with Crippen molar-refractivity contribution in [1.29, 1.82) is 0 Å². The highest BCUT2D eigenvalue weighted by molar-refractivity contribution is 5.90. The minimum absolute atomic E-state index is 0.145. The van der Waals surface area contributed by atoms with Crippen molar-refractivity contribution in [2.24, 2.45) is 0 Å². The van der Waals surface area contributed by atoms with Gasteiger partial charge in [0.2, 0.25) is 0 Å². The summed E-state index contributed by atoms with van der Waals surface area (Å²) in [6.07, 6.45) is 2.73. The summed E-state index contributed by atoms with van der Waals surface area (Å²) in [6.45, 7) is 4.25. The number of hydrogen-bond acceptors (Lipinski definition) is 6. The molecule has 2 saturated heterocycles. The van der Waals surface area contributed by atoms with Crippen molar-refractivity contribution < 1.29 is 18.6 Å². The van der Waals surface area contributed by atoms with Crippen molar-refractivity contribution in [1.82, 2.24) is 14.5 Å². The predicted octanol–water partition coefficient (Wildman–Crippen LogP) is 4.98. The molecule has 33 heavy (non-hydrogen) atoms. The third-order valence-electron chi connectivity index (χ3n) is 6.00. The van der Waals surface area contributed by atoms with E-state index in [4.69, 9.17) is 24.2 Å². The minimum atomic E-state index is -0.663. The van der Waals surface area contributed by atoms with Gasteiger partial charge in [-0.05, 0) is 43.7 Å². The van der Waals surface area contributed by atoms with Gasteiger partial charge in [0, 0.05) is 17.4 Å². The first-order chi connectivity index (χ1) is 16.0. The molecule has 2 aromatic carbocycles. The van der Waals surface area contributed by atoms with Gasteiger partial charge in [0.25, 0.3) is 0 Å². The molecule has 168 valence electrons. The zero-order valence-corrected chi connectivity index (χ0v) is 18.2. The molecule has 0 radical (unpaired) electrons. The molecule has 1 N–H and O–H groups in total. The molecule has 2 aromatic rings. The fraction of sp³-hybridized carbons (Fsp3) is 0.280. The van der Waals surface area contributed by atoms with Crippen LogP contribution in [0, 0.1) is 5.82 Å². The molecule has 2 fully saturated rings. The van der Waals surface area contributed by atoms with E-state index < -0.39 is 12.0 Å². The molecule has 0 aromatic heterocycles. The molecule has 0 saturated carbocycles. The summed E-state index contributed by atoms with van der Waals surface area (Å²) in [7, 11) is 0. The van der Waals surface area contributed by atoms with Crippen LogP contribution in [0.2, 0.25) is 0 Å². The van der Waals surface area contributed by atoms with Crippen molar-refractivity contribution in [3.8, 4) is 22.5 Å². The Kier molecular flexibility index (Phi) is 4.69. The Balaban J connectivity index is 1.45. The average Bonchev–Trinajstić information content (AvgIpc) is 3.49. The van der Waals surface area contributed by atoms with Gasteiger partial charge in [0.1, 0.15) is 36.0 Å². The summed E-state index contributed by atoms with van der Waals surface area (Å²) in [5.41, 5.74) is 3.54. The Hall–Kier alpha value is -3.33. The van der Waals surface area contributed by atoms with Crippen LogP contribution < -0.4 is 5.32 Å². The number of nitrogens with one attached hydrogen (secondary N) is 1. The number of anilines is 2. The van der Waals surface area contributed by atoms with Gasteiger partial charge >= 0.3 is 0 Å². The van der Waals surface area contributed by atoms with Crippen LogP contribution in [-0.2, 0) is 14.2 Å². The number of benzene rings is 2.